The van der Waals surface area contributed by atoms with Crippen LogP contribution >= 0.6 is 15.9 Å². The normalized spacial score (nSPS) is 15.3. The lowest BCUT2D eigenvalue weighted by molar-refractivity contribution is 0.0484. The molecule has 0 atom stereocenters. The Morgan fingerprint density at radius 2 is 2.11 bits per heavy atom. The molecule has 1 aromatic rings. The summed E-state index contributed by atoms with van der Waals surface area (Å²) in [4.78, 5) is 11.3. The molecular formula is C11H11BrFNO4S. The van der Waals surface area contributed by atoms with Crippen LogP contribution in [0.4, 0.5) is 4.39 Å². The number of hydrogen-bond donors (Lipinski definition) is 1. The van der Waals surface area contributed by atoms with Crippen LogP contribution in [-0.2, 0) is 14.8 Å². The van der Waals surface area contributed by atoms with E-state index in [9.17, 15) is 17.6 Å². The molecule has 1 aromatic carbocycles. The van der Waals surface area contributed by atoms with Gasteiger partial charge in [0.15, 0.2) is 0 Å². The van der Waals surface area contributed by atoms with Crippen LogP contribution in [-0.4, -0.2) is 21.0 Å². The molecule has 8 heteroatoms. The number of nitrogens with two attached hydrogens (primary N) is 1. The summed E-state index contributed by atoms with van der Waals surface area (Å²) in [5.41, 5.74) is -0.190. The quantitative estimate of drug-likeness (QED) is 0.838. The van der Waals surface area contributed by atoms with E-state index in [0.29, 0.717) is 5.92 Å². The van der Waals surface area contributed by atoms with Crippen LogP contribution in [0.2, 0.25) is 0 Å². The molecule has 0 spiro atoms. The molecule has 0 aromatic heterocycles. The molecule has 1 aliphatic carbocycles. The largest absolute Gasteiger partial charge is 0.462 e. The smallest absolute Gasteiger partial charge is 0.339 e. The van der Waals surface area contributed by atoms with Crippen LogP contribution in [0.5, 0.6) is 0 Å². The lowest BCUT2D eigenvalue weighted by Crippen LogP contribution is -2.16. The third-order valence-corrected chi connectivity index (χ3v) is 4.73. The van der Waals surface area contributed by atoms with Crippen molar-refractivity contribution in [2.45, 2.75) is 17.7 Å². The second-order valence-corrected chi connectivity index (χ2v) is 6.68. The van der Waals surface area contributed by atoms with Crippen molar-refractivity contribution in [1.29, 1.82) is 0 Å². The van der Waals surface area contributed by atoms with Gasteiger partial charge in [0.25, 0.3) is 0 Å². The van der Waals surface area contributed by atoms with Gasteiger partial charge in [-0.2, -0.15) is 0 Å². The Balaban J connectivity index is 2.33. The van der Waals surface area contributed by atoms with Crippen LogP contribution in [0.15, 0.2) is 21.5 Å². The summed E-state index contributed by atoms with van der Waals surface area (Å²) in [5, 5.41) is 4.95. The van der Waals surface area contributed by atoms with Crippen molar-refractivity contribution < 1.29 is 22.3 Å². The van der Waals surface area contributed by atoms with Crippen LogP contribution in [0.3, 0.4) is 0 Å². The molecule has 5 nitrogen and oxygen atoms in total. The summed E-state index contributed by atoms with van der Waals surface area (Å²) in [5.74, 6) is -1.29. The number of halogens is 2. The molecule has 0 aliphatic heterocycles. The van der Waals surface area contributed by atoms with Crippen LogP contribution in [0.1, 0.15) is 23.2 Å². The molecule has 0 radical (unpaired) electrons. The Kier molecular flexibility index (Phi) is 3.93. The first-order valence-electron chi connectivity index (χ1n) is 5.48. The summed E-state index contributed by atoms with van der Waals surface area (Å²) >= 11 is 2.95. The predicted molar refractivity (Wildman–Crippen MR) is 68.5 cm³/mol. The predicted octanol–water partition coefficient (Wildman–Crippen LogP) is 1.80. The van der Waals surface area contributed by atoms with E-state index in [1.54, 1.807) is 0 Å². The Morgan fingerprint density at radius 1 is 1.47 bits per heavy atom. The minimum atomic E-state index is -4.13. The highest BCUT2D eigenvalue weighted by Gasteiger charge is 2.26. The molecule has 1 fully saturated rings. The first-order chi connectivity index (χ1) is 8.79. The molecule has 1 saturated carbocycles. The van der Waals surface area contributed by atoms with E-state index in [4.69, 9.17) is 9.88 Å². The number of carbonyl (C=O) groups is 1. The molecule has 2 rings (SSSR count). The average Bonchev–Trinajstić information content (AvgIpc) is 3.11. The van der Waals surface area contributed by atoms with Crippen molar-refractivity contribution in [3.63, 3.8) is 0 Å². The van der Waals surface area contributed by atoms with E-state index in [2.05, 4.69) is 15.9 Å². The minimum absolute atomic E-state index is 0.0859. The molecule has 1 aliphatic rings. The second kappa shape index (κ2) is 5.18. The van der Waals surface area contributed by atoms with Crippen molar-refractivity contribution in [3.05, 3.63) is 28.0 Å². The van der Waals surface area contributed by atoms with Gasteiger partial charge in [0.1, 0.15) is 5.82 Å². The van der Waals surface area contributed by atoms with Gasteiger partial charge in [0.2, 0.25) is 10.0 Å². The average molecular weight is 352 g/mol. The zero-order chi connectivity index (χ0) is 14.2. The van der Waals surface area contributed by atoms with Crippen LogP contribution in [0, 0.1) is 11.7 Å². The monoisotopic (exact) mass is 351 g/mol. The van der Waals surface area contributed by atoms with Gasteiger partial charge < -0.3 is 4.74 Å². The topological polar surface area (TPSA) is 86.5 Å². The molecule has 0 amide bonds. The number of esters is 1. The van der Waals surface area contributed by atoms with Crippen LogP contribution < -0.4 is 5.14 Å². The maximum atomic E-state index is 13.4. The van der Waals surface area contributed by atoms with Crippen LogP contribution in [0.25, 0.3) is 0 Å². The van der Waals surface area contributed by atoms with Gasteiger partial charge in [-0.15, -0.1) is 0 Å². The van der Waals surface area contributed by atoms with Gasteiger partial charge in [-0.3, -0.25) is 0 Å². The van der Waals surface area contributed by atoms with Gasteiger partial charge >= 0.3 is 5.97 Å². The lowest BCUT2D eigenvalue weighted by atomic mass is 10.2. The van der Waals surface area contributed by atoms with E-state index in [1.165, 1.54) is 0 Å². The molecule has 0 bridgehead atoms. The zero-order valence-corrected chi connectivity index (χ0v) is 12.1. The number of hydrogen-bond acceptors (Lipinski definition) is 4. The molecule has 19 heavy (non-hydrogen) atoms. The zero-order valence-electron chi connectivity index (χ0n) is 9.73. The van der Waals surface area contributed by atoms with E-state index in [0.717, 1.165) is 25.0 Å². The van der Waals surface area contributed by atoms with E-state index >= 15 is 0 Å². The third-order valence-electron chi connectivity index (χ3n) is 2.68. The molecule has 2 N–H and O–H groups in total. The molecule has 104 valence electrons. The van der Waals surface area contributed by atoms with Crippen molar-refractivity contribution in [1.82, 2.24) is 0 Å². The number of sulfonamides is 1. The summed E-state index contributed by atoms with van der Waals surface area (Å²) in [6.07, 6.45) is 2.00. The third kappa shape index (κ3) is 3.52. The minimum Gasteiger partial charge on any atom is -0.462 e. The summed E-state index contributed by atoms with van der Waals surface area (Å²) in [6, 6.07) is 1.66. The van der Waals surface area contributed by atoms with Gasteiger partial charge in [0, 0.05) is 0 Å². The maximum Gasteiger partial charge on any atom is 0.339 e. The highest BCUT2D eigenvalue weighted by Crippen LogP contribution is 2.31. The van der Waals surface area contributed by atoms with E-state index in [1.807, 2.05) is 0 Å². The first kappa shape index (κ1) is 14.4. The van der Waals surface area contributed by atoms with Crippen molar-refractivity contribution in [2.75, 3.05) is 6.61 Å². The molecular weight excluding hydrogens is 341 g/mol. The molecule has 0 unspecified atom stereocenters. The molecule has 0 saturated heterocycles. The SMILES string of the molecule is NS(=O)(=O)c1cc(F)cc(C(=O)OCC2CC2)c1Br. The standard InChI is InChI=1S/C11H11BrFNO4S/c12-10-8(11(15)18-5-6-1-2-6)3-7(13)4-9(10)19(14,16)17/h3-4,6H,1-2,5H2,(H2,14,16,17). The van der Waals surface area contributed by atoms with E-state index < -0.39 is 26.7 Å². The fraction of sp³-hybridized carbons (Fsp3) is 0.364. The lowest BCUT2D eigenvalue weighted by Gasteiger charge is -2.09. The number of rotatable bonds is 4. The number of ether oxygens (including phenoxy) is 1. The van der Waals surface area contributed by atoms with Gasteiger partial charge in [-0.25, -0.2) is 22.7 Å². The summed E-state index contributed by atoms with van der Waals surface area (Å²) in [7, 11) is -4.13. The van der Waals surface area contributed by atoms with Crippen molar-refractivity contribution in [3.8, 4) is 0 Å². The second-order valence-electron chi connectivity index (χ2n) is 4.35. The number of benzene rings is 1. The first-order valence-corrected chi connectivity index (χ1v) is 7.82. The van der Waals surface area contributed by atoms with Gasteiger partial charge in [0.05, 0.1) is 21.5 Å². The van der Waals surface area contributed by atoms with E-state index in [-0.39, 0.29) is 16.6 Å². The summed E-state index contributed by atoms with van der Waals surface area (Å²) in [6.45, 7) is 0.256. The van der Waals surface area contributed by atoms with Crippen molar-refractivity contribution in [2.24, 2.45) is 11.1 Å². The van der Waals surface area contributed by atoms with Gasteiger partial charge in [-0.1, -0.05) is 0 Å². The highest BCUT2D eigenvalue weighted by molar-refractivity contribution is 9.10. The highest BCUT2D eigenvalue weighted by atomic mass is 79.9. The fourth-order valence-electron chi connectivity index (χ4n) is 1.48. The van der Waals surface area contributed by atoms with Gasteiger partial charge in [-0.05, 0) is 46.8 Å². The molecule has 0 heterocycles. The van der Waals surface area contributed by atoms with Crippen molar-refractivity contribution >= 4 is 31.9 Å². The Morgan fingerprint density at radius 3 is 2.63 bits per heavy atom. The Bertz CT molecular complexity index is 628. The Labute approximate surface area is 118 Å². The number of carbonyl (C=O) groups excluding carboxylic acids is 1. The summed E-state index contributed by atoms with van der Waals surface area (Å²) < 4.78 is 40.8. The Hall–Kier alpha value is -0.990. The maximum absolute atomic E-state index is 13.4. The fourth-order valence-corrected chi connectivity index (χ4v) is 3.18. The number of primary sulfonamides is 1.